The first kappa shape index (κ1) is 12.3. The summed E-state index contributed by atoms with van der Waals surface area (Å²) in [7, 11) is 0. The Labute approximate surface area is 93.1 Å². The Balaban J connectivity index is 3.21. The van der Waals surface area contributed by atoms with Crippen LogP contribution in [0.2, 0.25) is 0 Å². The summed E-state index contributed by atoms with van der Waals surface area (Å²) < 4.78 is 0. The Morgan fingerprint density at radius 3 is 1.80 bits per heavy atom. The third-order valence-corrected chi connectivity index (χ3v) is 2.84. The van der Waals surface area contributed by atoms with Gasteiger partial charge in [0.05, 0.1) is 6.10 Å². The molecule has 0 amide bonds. The summed E-state index contributed by atoms with van der Waals surface area (Å²) in [6.45, 7) is 10.6. The Bertz CT molecular complexity index is 324. The lowest BCUT2D eigenvalue weighted by Gasteiger charge is -2.18. The molecule has 0 radical (unpaired) electrons. The molecule has 0 heterocycles. The van der Waals surface area contributed by atoms with Gasteiger partial charge in [0.2, 0.25) is 0 Å². The monoisotopic (exact) mass is 206 g/mol. The van der Waals surface area contributed by atoms with Gasteiger partial charge in [0, 0.05) is 0 Å². The summed E-state index contributed by atoms with van der Waals surface area (Å²) in [4.78, 5) is 0. The third kappa shape index (κ3) is 2.82. The van der Waals surface area contributed by atoms with Gasteiger partial charge in [0.25, 0.3) is 0 Å². The van der Waals surface area contributed by atoms with E-state index >= 15 is 0 Å². The van der Waals surface area contributed by atoms with E-state index in [1.165, 1.54) is 11.1 Å². The number of hydrogen-bond donors (Lipinski definition) is 1. The lowest BCUT2D eigenvalue weighted by Crippen LogP contribution is -2.01. The van der Waals surface area contributed by atoms with E-state index in [1.54, 1.807) is 0 Å². The van der Waals surface area contributed by atoms with E-state index in [2.05, 4.69) is 39.8 Å². The van der Waals surface area contributed by atoms with Gasteiger partial charge in [0.15, 0.2) is 0 Å². The predicted octanol–water partition coefficient (Wildman–Crippen LogP) is 3.99. The van der Waals surface area contributed by atoms with Crippen LogP contribution in [0.25, 0.3) is 0 Å². The molecule has 1 heteroatoms. The van der Waals surface area contributed by atoms with Gasteiger partial charge < -0.3 is 5.11 Å². The molecular weight excluding hydrogens is 184 g/mol. The lowest BCUT2D eigenvalue weighted by atomic mass is 9.88. The maximum absolute atomic E-state index is 9.56. The molecule has 0 unspecified atom stereocenters. The Morgan fingerprint density at radius 2 is 1.40 bits per heavy atom. The topological polar surface area (TPSA) is 20.2 Å². The summed E-state index contributed by atoms with van der Waals surface area (Å²) in [5.74, 6) is 1.06. The second-order valence-electron chi connectivity index (χ2n) is 4.87. The van der Waals surface area contributed by atoms with Gasteiger partial charge in [-0.25, -0.2) is 0 Å². The van der Waals surface area contributed by atoms with Crippen LogP contribution in [0.15, 0.2) is 18.2 Å². The molecular formula is C14H22O. The van der Waals surface area contributed by atoms with Crippen LogP contribution in [0.4, 0.5) is 0 Å². The van der Waals surface area contributed by atoms with E-state index in [-0.39, 0.29) is 6.10 Å². The molecule has 15 heavy (non-hydrogen) atoms. The molecule has 0 saturated carbocycles. The first-order chi connectivity index (χ1) is 6.93. The minimum Gasteiger partial charge on any atom is -0.389 e. The van der Waals surface area contributed by atoms with Crippen LogP contribution in [-0.4, -0.2) is 5.11 Å². The standard InChI is InChI=1S/C14H22O/c1-9(2)13-7-6-12(11(5)15)8-14(13)10(3)4/h6-11,15H,1-5H3/t11-/m1/s1. The van der Waals surface area contributed by atoms with E-state index in [9.17, 15) is 5.11 Å². The van der Waals surface area contributed by atoms with Crippen molar-refractivity contribution >= 4 is 0 Å². The highest BCUT2D eigenvalue weighted by molar-refractivity contribution is 5.36. The van der Waals surface area contributed by atoms with Crippen molar-refractivity contribution in [1.29, 1.82) is 0 Å². The summed E-state index contributed by atoms with van der Waals surface area (Å²) in [5.41, 5.74) is 3.78. The van der Waals surface area contributed by atoms with Crippen LogP contribution >= 0.6 is 0 Å². The zero-order valence-electron chi connectivity index (χ0n) is 10.4. The number of hydrogen-bond acceptors (Lipinski definition) is 1. The van der Waals surface area contributed by atoms with E-state index in [0.29, 0.717) is 11.8 Å². The van der Waals surface area contributed by atoms with E-state index in [4.69, 9.17) is 0 Å². The highest BCUT2D eigenvalue weighted by Crippen LogP contribution is 2.28. The highest BCUT2D eigenvalue weighted by atomic mass is 16.3. The van der Waals surface area contributed by atoms with Gasteiger partial charge in [-0.2, -0.15) is 0 Å². The van der Waals surface area contributed by atoms with Crippen LogP contribution in [0.1, 0.15) is 69.2 Å². The number of benzene rings is 1. The van der Waals surface area contributed by atoms with Crippen molar-refractivity contribution in [3.05, 3.63) is 34.9 Å². The van der Waals surface area contributed by atoms with Gasteiger partial charge in [-0.3, -0.25) is 0 Å². The predicted molar refractivity (Wildman–Crippen MR) is 65.3 cm³/mol. The van der Waals surface area contributed by atoms with Crippen LogP contribution in [-0.2, 0) is 0 Å². The van der Waals surface area contributed by atoms with Crippen molar-refractivity contribution in [2.75, 3.05) is 0 Å². The zero-order chi connectivity index (χ0) is 11.6. The molecule has 0 aliphatic carbocycles. The Hall–Kier alpha value is -0.820. The molecule has 1 rings (SSSR count). The molecule has 0 aliphatic heterocycles. The average Bonchev–Trinajstić information content (AvgIpc) is 2.16. The lowest BCUT2D eigenvalue weighted by molar-refractivity contribution is 0.199. The maximum atomic E-state index is 9.56. The van der Waals surface area contributed by atoms with Gasteiger partial charge in [0.1, 0.15) is 0 Å². The quantitative estimate of drug-likeness (QED) is 0.793. The van der Waals surface area contributed by atoms with Crippen molar-refractivity contribution in [2.24, 2.45) is 0 Å². The second-order valence-corrected chi connectivity index (χ2v) is 4.87. The van der Waals surface area contributed by atoms with Crippen LogP contribution in [0, 0.1) is 0 Å². The van der Waals surface area contributed by atoms with E-state index in [0.717, 1.165) is 5.56 Å². The highest BCUT2D eigenvalue weighted by Gasteiger charge is 2.12. The molecule has 1 aromatic rings. The summed E-state index contributed by atoms with van der Waals surface area (Å²) in [5, 5.41) is 9.56. The number of aliphatic hydroxyl groups is 1. The van der Waals surface area contributed by atoms with Crippen molar-refractivity contribution in [1.82, 2.24) is 0 Å². The van der Waals surface area contributed by atoms with E-state index < -0.39 is 0 Å². The fourth-order valence-electron chi connectivity index (χ4n) is 1.88. The zero-order valence-corrected chi connectivity index (χ0v) is 10.4. The molecule has 0 aromatic heterocycles. The van der Waals surface area contributed by atoms with Crippen molar-refractivity contribution in [3.8, 4) is 0 Å². The van der Waals surface area contributed by atoms with Gasteiger partial charge in [-0.1, -0.05) is 45.9 Å². The fourth-order valence-corrected chi connectivity index (χ4v) is 1.88. The summed E-state index contributed by atoms with van der Waals surface area (Å²) >= 11 is 0. The smallest absolute Gasteiger partial charge is 0.0762 e. The Kier molecular flexibility index (Phi) is 3.92. The van der Waals surface area contributed by atoms with Gasteiger partial charge in [-0.15, -0.1) is 0 Å². The molecule has 1 atom stereocenters. The largest absolute Gasteiger partial charge is 0.389 e. The van der Waals surface area contributed by atoms with E-state index in [1.807, 2.05) is 13.0 Å². The molecule has 1 aromatic carbocycles. The molecule has 0 fully saturated rings. The third-order valence-electron chi connectivity index (χ3n) is 2.84. The van der Waals surface area contributed by atoms with Crippen molar-refractivity contribution < 1.29 is 5.11 Å². The number of aliphatic hydroxyl groups excluding tert-OH is 1. The Morgan fingerprint density at radius 1 is 0.867 bits per heavy atom. The van der Waals surface area contributed by atoms with Crippen molar-refractivity contribution in [2.45, 2.75) is 52.6 Å². The van der Waals surface area contributed by atoms with Crippen LogP contribution in [0.5, 0.6) is 0 Å². The van der Waals surface area contributed by atoms with Crippen LogP contribution in [0.3, 0.4) is 0 Å². The molecule has 0 spiro atoms. The van der Waals surface area contributed by atoms with Gasteiger partial charge in [-0.05, 0) is 35.4 Å². The first-order valence-electron chi connectivity index (χ1n) is 5.75. The summed E-state index contributed by atoms with van der Waals surface area (Å²) in [6, 6.07) is 6.33. The van der Waals surface area contributed by atoms with Crippen LogP contribution < -0.4 is 0 Å². The molecule has 84 valence electrons. The first-order valence-corrected chi connectivity index (χ1v) is 5.75. The maximum Gasteiger partial charge on any atom is 0.0762 e. The summed E-state index contributed by atoms with van der Waals surface area (Å²) in [6.07, 6.45) is -0.372. The fraction of sp³-hybridized carbons (Fsp3) is 0.571. The minimum absolute atomic E-state index is 0.372. The molecule has 1 nitrogen and oxygen atoms in total. The van der Waals surface area contributed by atoms with Crippen molar-refractivity contribution in [3.63, 3.8) is 0 Å². The van der Waals surface area contributed by atoms with Gasteiger partial charge >= 0.3 is 0 Å². The molecule has 0 aliphatic rings. The normalized spacial score (nSPS) is 13.6. The molecule has 1 N–H and O–H groups in total. The minimum atomic E-state index is -0.372. The molecule has 0 saturated heterocycles. The molecule has 0 bridgehead atoms. The average molecular weight is 206 g/mol. The SMILES string of the molecule is CC(C)c1ccc([C@@H](C)O)cc1C(C)C. The number of rotatable bonds is 3. The second kappa shape index (κ2) is 4.80.